The third-order valence-electron chi connectivity index (χ3n) is 4.72. The van der Waals surface area contributed by atoms with Gasteiger partial charge in [-0.25, -0.2) is 14.8 Å². The number of esters is 1. The molecule has 0 aliphatic heterocycles. The molecule has 1 aromatic carbocycles. The lowest BCUT2D eigenvalue weighted by molar-refractivity contribution is -0.159. The standard InChI is InChI=1S/C20H20N4O4/c1-26-17(13-6-4-3-5-7-13)20(25)28-15-9-8-14(10-15)24-12-23-16-18(24)21-11-22-19(16)27-2/h3-9,11-12,14-15,17H,10H2,1-2H3/t14-,15+,17-/m0/s1. The number of allylic oxidation sites excluding steroid dienone is 1. The second-order valence-electron chi connectivity index (χ2n) is 6.40. The summed E-state index contributed by atoms with van der Waals surface area (Å²) in [5.74, 6) is 0.0167. The molecule has 28 heavy (non-hydrogen) atoms. The van der Waals surface area contributed by atoms with E-state index in [4.69, 9.17) is 14.2 Å². The maximum Gasteiger partial charge on any atom is 0.340 e. The van der Waals surface area contributed by atoms with Crippen LogP contribution in [0.4, 0.5) is 0 Å². The van der Waals surface area contributed by atoms with Gasteiger partial charge in [0.05, 0.1) is 19.5 Å². The highest BCUT2D eigenvalue weighted by Crippen LogP contribution is 2.30. The fraction of sp³-hybridized carbons (Fsp3) is 0.300. The average molecular weight is 380 g/mol. The molecule has 3 atom stereocenters. The Balaban J connectivity index is 1.46. The molecule has 8 nitrogen and oxygen atoms in total. The SMILES string of the molecule is COc1ncnc2c1ncn2[C@H]1C=C[C@@H](OC(=O)[C@@H](OC)c2ccccc2)C1. The van der Waals surface area contributed by atoms with Gasteiger partial charge in [-0.3, -0.25) is 0 Å². The monoisotopic (exact) mass is 380 g/mol. The maximum absolute atomic E-state index is 12.6. The van der Waals surface area contributed by atoms with E-state index in [0.717, 1.165) is 5.56 Å². The van der Waals surface area contributed by atoms with Crippen molar-refractivity contribution in [3.05, 3.63) is 60.7 Å². The summed E-state index contributed by atoms with van der Waals surface area (Å²) in [6, 6.07) is 9.27. The Bertz CT molecular complexity index is 1000. The fourth-order valence-corrected chi connectivity index (χ4v) is 3.37. The lowest BCUT2D eigenvalue weighted by atomic mass is 10.1. The van der Waals surface area contributed by atoms with Gasteiger partial charge in [0.15, 0.2) is 17.3 Å². The van der Waals surface area contributed by atoms with Gasteiger partial charge in [-0.2, -0.15) is 4.98 Å². The molecule has 1 aliphatic carbocycles. The van der Waals surface area contributed by atoms with Crippen LogP contribution < -0.4 is 4.74 Å². The van der Waals surface area contributed by atoms with E-state index in [1.165, 1.54) is 13.4 Å². The van der Waals surface area contributed by atoms with Crippen LogP contribution >= 0.6 is 0 Å². The quantitative estimate of drug-likeness (QED) is 0.480. The summed E-state index contributed by atoms with van der Waals surface area (Å²) in [6.45, 7) is 0. The Hall–Kier alpha value is -3.26. The Morgan fingerprint density at radius 2 is 1.96 bits per heavy atom. The van der Waals surface area contributed by atoms with Crippen molar-refractivity contribution < 1.29 is 19.0 Å². The van der Waals surface area contributed by atoms with Crippen LogP contribution in [0.1, 0.15) is 24.1 Å². The van der Waals surface area contributed by atoms with Crippen molar-refractivity contribution >= 4 is 17.1 Å². The number of carbonyl (C=O) groups is 1. The van der Waals surface area contributed by atoms with Gasteiger partial charge in [-0.15, -0.1) is 0 Å². The Labute approximate surface area is 161 Å². The molecule has 0 N–H and O–H groups in total. The number of nitrogens with zero attached hydrogens (tertiary/aromatic N) is 4. The third kappa shape index (κ3) is 3.34. The van der Waals surface area contributed by atoms with Crippen molar-refractivity contribution in [3.63, 3.8) is 0 Å². The van der Waals surface area contributed by atoms with Gasteiger partial charge in [0, 0.05) is 13.5 Å². The highest BCUT2D eigenvalue weighted by molar-refractivity contribution is 5.77. The molecule has 0 saturated carbocycles. The number of hydrogen-bond donors (Lipinski definition) is 0. The van der Waals surface area contributed by atoms with E-state index in [9.17, 15) is 4.79 Å². The van der Waals surface area contributed by atoms with Crippen molar-refractivity contribution in [2.45, 2.75) is 24.7 Å². The minimum atomic E-state index is -0.750. The summed E-state index contributed by atoms with van der Waals surface area (Å²) in [4.78, 5) is 25.3. The predicted molar refractivity (Wildman–Crippen MR) is 101 cm³/mol. The first kappa shape index (κ1) is 18.1. The van der Waals surface area contributed by atoms with Gasteiger partial charge >= 0.3 is 5.97 Å². The number of hydrogen-bond acceptors (Lipinski definition) is 7. The maximum atomic E-state index is 12.6. The van der Waals surface area contributed by atoms with Crippen molar-refractivity contribution in [1.82, 2.24) is 19.5 Å². The Morgan fingerprint density at radius 1 is 1.14 bits per heavy atom. The van der Waals surface area contributed by atoms with Crippen molar-refractivity contribution in [2.75, 3.05) is 14.2 Å². The molecule has 0 amide bonds. The highest BCUT2D eigenvalue weighted by atomic mass is 16.6. The van der Waals surface area contributed by atoms with Crippen molar-refractivity contribution in [3.8, 4) is 5.88 Å². The smallest absolute Gasteiger partial charge is 0.340 e. The van der Waals surface area contributed by atoms with E-state index in [0.29, 0.717) is 23.5 Å². The minimum Gasteiger partial charge on any atom is -0.479 e. The summed E-state index contributed by atoms with van der Waals surface area (Å²) < 4.78 is 18.2. The highest BCUT2D eigenvalue weighted by Gasteiger charge is 2.29. The number of carbonyl (C=O) groups excluding carboxylic acids is 1. The zero-order chi connectivity index (χ0) is 19.5. The van der Waals surface area contributed by atoms with Crippen LogP contribution in [0, 0.1) is 0 Å². The van der Waals surface area contributed by atoms with Crippen LogP contribution in [0.15, 0.2) is 55.1 Å². The molecule has 2 aromatic heterocycles. The van der Waals surface area contributed by atoms with Gasteiger partial charge in [0.2, 0.25) is 5.88 Å². The second-order valence-corrected chi connectivity index (χ2v) is 6.40. The fourth-order valence-electron chi connectivity index (χ4n) is 3.37. The third-order valence-corrected chi connectivity index (χ3v) is 4.72. The molecule has 0 unspecified atom stereocenters. The topological polar surface area (TPSA) is 88.4 Å². The van der Waals surface area contributed by atoms with Crippen molar-refractivity contribution in [1.29, 1.82) is 0 Å². The summed E-state index contributed by atoms with van der Waals surface area (Å²) in [7, 11) is 3.04. The molecule has 2 heterocycles. The molecule has 1 aliphatic rings. The zero-order valence-electron chi connectivity index (χ0n) is 15.6. The number of benzene rings is 1. The average Bonchev–Trinajstić information content (AvgIpc) is 3.35. The number of imidazole rings is 1. The van der Waals surface area contributed by atoms with Gasteiger partial charge in [0.25, 0.3) is 0 Å². The largest absolute Gasteiger partial charge is 0.479 e. The van der Waals surface area contributed by atoms with E-state index in [1.807, 2.05) is 47.1 Å². The van der Waals surface area contributed by atoms with E-state index in [1.54, 1.807) is 13.4 Å². The normalized spacial score (nSPS) is 19.6. The summed E-state index contributed by atoms with van der Waals surface area (Å²) in [5.41, 5.74) is 2.04. The minimum absolute atomic E-state index is 0.0277. The lowest BCUT2D eigenvalue weighted by Gasteiger charge is -2.19. The molecule has 0 spiro atoms. The Kier molecular flexibility index (Phi) is 5.03. The van der Waals surface area contributed by atoms with Gasteiger partial charge in [-0.05, 0) is 11.6 Å². The van der Waals surface area contributed by atoms with Crippen LogP contribution in [0.2, 0.25) is 0 Å². The number of fused-ring (bicyclic) bond motifs is 1. The zero-order valence-corrected chi connectivity index (χ0v) is 15.6. The molecular weight excluding hydrogens is 360 g/mol. The second kappa shape index (κ2) is 7.77. The van der Waals surface area contributed by atoms with Gasteiger partial charge in [0.1, 0.15) is 12.4 Å². The first-order valence-corrected chi connectivity index (χ1v) is 8.89. The van der Waals surface area contributed by atoms with E-state index >= 15 is 0 Å². The lowest BCUT2D eigenvalue weighted by Crippen LogP contribution is -2.23. The Morgan fingerprint density at radius 3 is 2.71 bits per heavy atom. The first-order chi connectivity index (χ1) is 13.7. The van der Waals surface area contributed by atoms with Crippen LogP contribution in [0.25, 0.3) is 11.2 Å². The molecule has 0 saturated heterocycles. The van der Waals surface area contributed by atoms with Gasteiger partial charge < -0.3 is 18.8 Å². The molecule has 4 rings (SSSR count). The summed E-state index contributed by atoms with van der Waals surface area (Å²) in [5, 5.41) is 0. The van der Waals surface area contributed by atoms with E-state index in [2.05, 4.69) is 15.0 Å². The molecular formula is C20H20N4O4. The van der Waals surface area contributed by atoms with Crippen LogP contribution in [0.5, 0.6) is 5.88 Å². The molecule has 0 bridgehead atoms. The molecule has 0 fully saturated rings. The molecule has 0 radical (unpaired) electrons. The number of methoxy groups -OCH3 is 2. The van der Waals surface area contributed by atoms with E-state index < -0.39 is 12.1 Å². The van der Waals surface area contributed by atoms with Crippen molar-refractivity contribution in [2.24, 2.45) is 0 Å². The summed E-state index contributed by atoms with van der Waals surface area (Å²) in [6.07, 6.45) is 6.50. The number of rotatable bonds is 6. The predicted octanol–water partition coefficient (Wildman–Crippen LogP) is 2.64. The summed E-state index contributed by atoms with van der Waals surface area (Å²) >= 11 is 0. The molecule has 8 heteroatoms. The molecule has 3 aromatic rings. The van der Waals surface area contributed by atoms with E-state index in [-0.39, 0.29) is 12.1 Å². The van der Waals surface area contributed by atoms with Crippen LogP contribution in [-0.4, -0.2) is 45.8 Å². The number of aromatic nitrogens is 4. The van der Waals surface area contributed by atoms with Gasteiger partial charge in [-0.1, -0.05) is 36.4 Å². The number of ether oxygens (including phenoxy) is 3. The molecule has 144 valence electrons. The first-order valence-electron chi connectivity index (χ1n) is 8.89. The van der Waals surface area contributed by atoms with Crippen LogP contribution in [0.3, 0.4) is 0 Å². The van der Waals surface area contributed by atoms with Crippen LogP contribution in [-0.2, 0) is 14.3 Å².